The van der Waals surface area contributed by atoms with Crippen LogP contribution >= 0.6 is 0 Å². The number of halogens is 1. The highest BCUT2D eigenvalue weighted by Crippen LogP contribution is 2.22. The maximum Gasteiger partial charge on any atom is 0.343 e. The van der Waals surface area contributed by atoms with Crippen molar-refractivity contribution in [3.63, 3.8) is 0 Å². The fourth-order valence-corrected chi connectivity index (χ4v) is 1.72. The lowest BCUT2D eigenvalue weighted by atomic mass is 9.92. The lowest BCUT2D eigenvalue weighted by Gasteiger charge is -2.26. The number of methoxy groups -OCH3 is 1. The Morgan fingerprint density at radius 1 is 1.42 bits per heavy atom. The van der Waals surface area contributed by atoms with Gasteiger partial charge in [-0.3, -0.25) is 0 Å². The number of rotatable bonds is 6. The highest BCUT2D eigenvalue weighted by Gasteiger charge is 2.39. The van der Waals surface area contributed by atoms with Gasteiger partial charge in [0.25, 0.3) is 0 Å². The molecule has 106 valence electrons. The van der Waals surface area contributed by atoms with Gasteiger partial charge in [-0.25, -0.2) is 9.18 Å². The molecule has 0 saturated carbocycles. The van der Waals surface area contributed by atoms with Crippen molar-refractivity contribution in [3.05, 3.63) is 29.8 Å². The Hall–Kier alpha value is -1.62. The second-order valence-corrected chi connectivity index (χ2v) is 4.50. The Morgan fingerprint density at radius 3 is 2.47 bits per heavy atom. The predicted molar refractivity (Wildman–Crippen MR) is 68.9 cm³/mol. The van der Waals surface area contributed by atoms with Crippen LogP contribution in [-0.4, -0.2) is 36.6 Å². The van der Waals surface area contributed by atoms with Crippen LogP contribution in [0.2, 0.25) is 0 Å². The van der Waals surface area contributed by atoms with Crippen LogP contribution in [-0.2, 0) is 16.0 Å². The van der Waals surface area contributed by atoms with E-state index in [0.29, 0.717) is 11.3 Å². The number of carbonyl (C=O) groups is 1. The molecule has 0 bridgehead atoms. The van der Waals surface area contributed by atoms with Gasteiger partial charge in [0, 0.05) is 6.42 Å². The largest absolute Gasteiger partial charge is 0.497 e. The Morgan fingerprint density at radius 2 is 2.00 bits per heavy atom. The standard InChI is InChI=1S/C14H19FO4/c1-4-19-13(16)12(15)14(2,17)9-10-5-7-11(18-3)8-6-10/h5-8,12,17H,4,9H2,1-3H3. The van der Waals surface area contributed by atoms with Crippen LogP contribution in [0.25, 0.3) is 0 Å². The number of ether oxygens (including phenoxy) is 2. The summed E-state index contributed by atoms with van der Waals surface area (Å²) in [5.41, 5.74) is -1.10. The maximum absolute atomic E-state index is 13.8. The molecular formula is C14H19FO4. The third kappa shape index (κ3) is 4.21. The van der Waals surface area contributed by atoms with E-state index in [0.717, 1.165) is 0 Å². The van der Waals surface area contributed by atoms with Crippen molar-refractivity contribution in [2.75, 3.05) is 13.7 Å². The molecule has 0 amide bonds. The van der Waals surface area contributed by atoms with E-state index in [-0.39, 0.29) is 13.0 Å². The summed E-state index contributed by atoms with van der Waals surface area (Å²) in [4.78, 5) is 11.3. The first kappa shape index (κ1) is 15.4. The number of benzene rings is 1. The van der Waals surface area contributed by atoms with Gasteiger partial charge in [0.1, 0.15) is 11.4 Å². The molecule has 1 aromatic carbocycles. The van der Waals surface area contributed by atoms with Gasteiger partial charge in [0.15, 0.2) is 0 Å². The van der Waals surface area contributed by atoms with Crippen molar-refractivity contribution in [1.29, 1.82) is 0 Å². The second kappa shape index (κ2) is 6.52. The molecular weight excluding hydrogens is 251 g/mol. The van der Waals surface area contributed by atoms with E-state index in [1.54, 1.807) is 38.3 Å². The first-order chi connectivity index (χ1) is 8.90. The molecule has 0 aliphatic heterocycles. The molecule has 5 heteroatoms. The molecule has 19 heavy (non-hydrogen) atoms. The van der Waals surface area contributed by atoms with Crippen LogP contribution < -0.4 is 4.74 Å². The topological polar surface area (TPSA) is 55.8 Å². The van der Waals surface area contributed by atoms with E-state index < -0.39 is 17.7 Å². The second-order valence-electron chi connectivity index (χ2n) is 4.50. The van der Waals surface area contributed by atoms with Crippen LogP contribution in [0.1, 0.15) is 19.4 Å². The Balaban J connectivity index is 2.74. The predicted octanol–water partition coefficient (Wildman–Crippen LogP) is 1.89. The molecule has 4 nitrogen and oxygen atoms in total. The molecule has 2 unspecified atom stereocenters. The first-order valence-electron chi connectivity index (χ1n) is 6.06. The summed E-state index contributed by atoms with van der Waals surface area (Å²) >= 11 is 0. The van der Waals surface area contributed by atoms with Crippen LogP contribution in [0.5, 0.6) is 5.75 Å². The summed E-state index contributed by atoms with van der Waals surface area (Å²) in [5, 5.41) is 10.1. The minimum absolute atomic E-state index is 0.0109. The summed E-state index contributed by atoms with van der Waals surface area (Å²) in [6.45, 7) is 2.94. The van der Waals surface area contributed by atoms with Gasteiger partial charge in [0.05, 0.1) is 13.7 Å². The highest BCUT2D eigenvalue weighted by molar-refractivity contribution is 5.76. The number of hydrogen-bond donors (Lipinski definition) is 1. The van der Waals surface area contributed by atoms with Crippen molar-refractivity contribution in [3.8, 4) is 5.75 Å². The van der Waals surface area contributed by atoms with Gasteiger partial charge < -0.3 is 14.6 Å². The molecule has 0 aliphatic carbocycles. The van der Waals surface area contributed by atoms with E-state index in [1.807, 2.05) is 0 Å². The number of esters is 1. The first-order valence-corrected chi connectivity index (χ1v) is 6.06. The number of carbonyl (C=O) groups excluding carboxylic acids is 1. The zero-order chi connectivity index (χ0) is 14.5. The summed E-state index contributed by atoms with van der Waals surface area (Å²) < 4.78 is 23.4. The highest BCUT2D eigenvalue weighted by atomic mass is 19.1. The van der Waals surface area contributed by atoms with E-state index >= 15 is 0 Å². The minimum Gasteiger partial charge on any atom is -0.497 e. The average molecular weight is 270 g/mol. The molecule has 0 heterocycles. The van der Waals surface area contributed by atoms with Crippen molar-refractivity contribution in [1.82, 2.24) is 0 Å². The molecule has 0 saturated heterocycles. The minimum atomic E-state index is -2.07. The molecule has 1 rings (SSSR count). The normalized spacial score (nSPS) is 15.4. The maximum atomic E-state index is 13.8. The number of hydrogen-bond acceptors (Lipinski definition) is 4. The molecule has 1 aromatic rings. The Kier molecular flexibility index (Phi) is 5.30. The lowest BCUT2D eigenvalue weighted by Crippen LogP contribution is -2.44. The van der Waals surface area contributed by atoms with E-state index in [2.05, 4.69) is 4.74 Å². The van der Waals surface area contributed by atoms with Crippen molar-refractivity contribution in [2.24, 2.45) is 0 Å². The zero-order valence-corrected chi connectivity index (χ0v) is 11.4. The molecule has 0 fully saturated rings. The van der Waals surface area contributed by atoms with E-state index in [1.165, 1.54) is 6.92 Å². The van der Waals surface area contributed by atoms with Gasteiger partial charge >= 0.3 is 5.97 Å². The third-order valence-electron chi connectivity index (χ3n) is 2.76. The van der Waals surface area contributed by atoms with Crippen LogP contribution in [0.3, 0.4) is 0 Å². The van der Waals surface area contributed by atoms with Gasteiger partial charge in [-0.15, -0.1) is 0 Å². The van der Waals surface area contributed by atoms with E-state index in [4.69, 9.17) is 4.74 Å². The summed E-state index contributed by atoms with van der Waals surface area (Å²) in [7, 11) is 1.55. The fraction of sp³-hybridized carbons (Fsp3) is 0.500. The van der Waals surface area contributed by atoms with Gasteiger partial charge in [-0.05, 0) is 31.5 Å². The molecule has 0 spiro atoms. The zero-order valence-electron chi connectivity index (χ0n) is 11.4. The van der Waals surface area contributed by atoms with Crippen LogP contribution in [0.4, 0.5) is 4.39 Å². The molecule has 0 radical (unpaired) electrons. The monoisotopic (exact) mass is 270 g/mol. The Labute approximate surface area is 112 Å². The average Bonchev–Trinajstić information content (AvgIpc) is 2.38. The van der Waals surface area contributed by atoms with Gasteiger partial charge in [-0.1, -0.05) is 12.1 Å². The smallest absolute Gasteiger partial charge is 0.343 e. The third-order valence-corrected chi connectivity index (χ3v) is 2.76. The van der Waals surface area contributed by atoms with Crippen molar-refractivity contribution >= 4 is 5.97 Å². The fourth-order valence-electron chi connectivity index (χ4n) is 1.72. The Bertz CT molecular complexity index is 414. The molecule has 2 atom stereocenters. The summed E-state index contributed by atoms with van der Waals surface area (Å²) in [6, 6.07) is 6.85. The summed E-state index contributed by atoms with van der Waals surface area (Å²) in [5.74, 6) is -0.369. The summed E-state index contributed by atoms with van der Waals surface area (Å²) in [6.07, 6.45) is -2.06. The molecule has 0 aliphatic rings. The van der Waals surface area contributed by atoms with E-state index in [9.17, 15) is 14.3 Å². The molecule has 0 aromatic heterocycles. The number of alkyl halides is 1. The van der Waals surface area contributed by atoms with Gasteiger partial charge in [0.2, 0.25) is 6.17 Å². The SMILES string of the molecule is CCOC(=O)C(F)C(C)(O)Cc1ccc(OC)cc1. The quantitative estimate of drug-likeness (QED) is 0.802. The van der Waals surface area contributed by atoms with Crippen molar-refractivity contribution in [2.45, 2.75) is 32.0 Å². The lowest BCUT2D eigenvalue weighted by molar-refractivity contribution is -0.159. The molecule has 1 N–H and O–H groups in total. The number of aliphatic hydroxyl groups is 1. The van der Waals surface area contributed by atoms with Crippen LogP contribution in [0.15, 0.2) is 24.3 Å². The van der Waals surface area contributed by atoms with Crippen LogP contribution in [0, 0.1) is 0 Å². The van der Waals surface area contributed by atoms with Crippen molar-refractivity contribution < 1.29 is 23.8 Å². The van der Waals surface area contributed by atoms with Gasteiger partial charge in [-0.2, -0.15) is 0 Å².